The van der Waals surface area contributed by atoms with Crippen molar-refractivity contribution in [2.75, 3.05) is 20.1 Å². The van der Waals surface area contributed by atoms with Crippen LogP contribution in [-0.2, 0) is 6.42 Å². The summed E-state index contributed by atoms with van der Waals surface area (Å²) in [6, 6.07) is 4.42. The number of aryl methyl sites for hydroxylation is 1. The van der Waals surface area contributed by atoms with Gasteiger partial charge in [0, 0.05) is 18.0 Å². The van der Waals surface area contributed by atoms with E-state index in [1.807, 2.05) is 18.0 Å². The molecule has 0 aliphatic carbocycles. The van der Waals surface area contributed by atoms with E-state index in [2.05, 4.69) is 18.3 Å². The van der Waals surface area contributed by atoms with Gasteiger partial charge in [-0.1, -0.05) is 6.92 Å². The lowest BCUT2D eigenvalue weighted by molar-refractivity contribution is 0.0708. The number of thiophene rings is 1. The van der Waals surface area contributed by atoms with Gasteiger partial charge in [-0.25, -0.2) is 0 Å². The summed E-state index contributed by atoms with van der Waals surface area (Å²) in [6.07, 6.45) is 3.14. The van der Waals surface area contributed by atoms with Gasteiger partial charge in [0.25, 0.3) is 5.91 Å². The summed E-state index contributed by atoms with van der Waals surface area (Å²) in [5.74, 6) is 0.182. The molecule has 1 fully saturated rings. The first kappa shape index (κ1) is 12.6. The first-order chi connectivity index (χ1) is 8.22. The van der Waals surface area contributed by atoms with E-state index in [-0.39, 0.29) is 5.91 Å². The zero-order valence-corrected chi connectivity index (χ0v) is 11.3. The van der Waals surface area contributed by atoms with E-state index in [9.17, 15) is 4.79 Å². The molecule has 0 aromatic carbocycles. The fourth-order valence-corrected chi connectivity index (χ4v) is 3.15. The molecule has 1 aliphatic heterocycles. The van der Waals surface area contributed by atoms with Gasteiger partial charge < -0.3 is 10.2 Å². The van der Waals surface area contributed by atoms with Crippen molar-refractivity contribution >= 4 is 17.2 Å². The molecule has 2 rings (SSSR count). The van der Waals surface area contributed by atoms with Crippen molar-refractivity contribution in [3.05, 3.63) is 21.9 Å². The highest BCUT2D eigenvalue weighted by Crippen LogP contribution is 2.20. The number of amides is 1. The van der Waals surface area contributed by atoms with Crippen molar-refractivity contribution in [3.8, 4) is 0 Å². The normalized spacial score (nSPS) is 17.1. The fourth-order valence-electron chi connectivity index (χ4n) is 2.22. The third kappa shape index (κ3) is 2.87. The predicted octanol–water partition coefficient (Wildman–Crippen LogP) is 2.13. The molecule has 0 atom stereocenters. The van der Waals surface area contributed by atoms with Gasteiger partial charge in [-0.3, -0.25) is 4.79 Å². The highest BCUT2D eigenvalue weighted by molar-refractivity contribution is 7.14. The number of carbonyl (C=O) groups is 1. The van der Waals surface area contributed by atoms with Crippen molar-refractivity contribution in [2.24, 2.45) is 0 Å². The van der Waals surface area contributed by atoms with Gasteiger partial charge in [0.15, 0.2) is 0 Å². The number of hydrogen-bond acceptors (Lipinski definition) is 3. The maximum absolute atomic E-state index is 12.3. The molecule has 1 aromatic rings. The zero-order chi connectivity index (χ0) is 12.3. The van der Waals surface area contributed by atoms with Gasteiger partial charge in [-0.2, -0.15) is 0 Å². The van der Waals surface area contributed by atoms with Gasteiger partial charge in [-0.15, -0.1) is 11.3 Å². The van der Waals surface area contributed by atoms with Gasteiger partial charge in [0.2, 0.25) is 0 Å². The molecule has 1 saturated heterocycles. The Hall–Kier alpha value is -0.870. The van der Waals surface area contributed by atoms with Crippen LogP contribution in [0.25, 0.3) is 0 Å². The smallest absolute Gasteiger partial charge is 0.263 e. The minimum Gasteiger partial charge on any atom is -0.338 e. The molecule has 94 valence electrons. The topological polar surface area (TPSA) is 32.3 Å². The van der Waals surface area contributed by atoms with Crippen LogP contribution < -0.4 is 5.32 Å². The van der Waals surface area contributed by atoms with E-state index in [0.717, 1.165) is 37.2 Å². The van der Waals surface area contributed by atoms with Gasteiger partial charge >= 0.3 is 0 Å². The molecule has 1 N–H and O–H groups in total. The average Bonchev–Trinajstić information content (AvgIpc) is 2.87. The molecule has 1 amide bonds. The van der Waals surface area contributed by atoms with E-state index < -0.39 is 0 Å². The first-order valence-electron chi connectivity index (χ1n) is 6.29. The molecule has 1 aromatic heterocycles. The minimum absolute atomic E-state index is 0.182. The predicted molar refractivity (Wildman–Crippen MR) is 71.7 cm³/mol. The molecule has 0 spiro atoms. The Kier molecular flexibility index (Phi) is 4.18. The molecule has 0 bridgehead atoms. The Bertz CT molecular complexity index is 383. The third-order valence-corrected chi connectivity index (χ3v) is 4.62. The SMILES string of the molecule is CCc1ccc(C(=O)N(C)C2CCNCC2)s1. The molecular formula is C13H20N2OS. The lowest BCUT2D eigenvalue weighted by atomic mass is 10.1. The maximum Gasteiger partial charge on any atom is 0.263 e. The van der Waals surface area contributed by atoms with Crippen LogP contribution in [0.1, 0.15) is 34.3 Å². The lowest BCUT2D eigenvalue weighted by Crippen LogP contribution is -2.43. The quantitative estimate of drug-likeness (QED) is 0.894. The number of rotatable bonds is 3. The van der Waals surface area contributed by atoms with Crippen LogP contribution >= 0.6 is 11.3 Å². The maximum atomic E-state index is 12.3. The van der Waals surface area contributed by atoms with Gasteiger partial charge in [-0.05, 0) is 44.5 Å². The molecule has 1 aliphatic rings. The van der Waals surface area contributed by atoms with Crippen molar-refractivity contribution in [1.82, 2.24) is 10.2 Å². The summed E-state index contributed by atoms with van der Waals surface area (Å²) >= 11 is 1.63. The fraction of sp³-hybridized carbons (Fsp3) is 0.615. The van der Waals surface area contributed by atoms with Crippen LogP contribution in [0, 0.1) is 0 Å². The summed E-state index contributed by atoms with van der Waals surface area (Å²) in [4.78, 5) is 16.4. The number of carbonyl (C=O) groups excluding carboxylic acids is 1. The second kappa shape index (κ2) is 5.65. The van der Waals surface area contributed by atoms with Crippen molar-refractivity contribution in [3.63, 3.8) is 0 Å². The van der Waals surface area contributed by atoms with Crippen LogP contribution in [0.5, 0.6) is 0 Å². The van der Waals surface area contributed by atoms with Crippen LogP contribution in [-0.4, -0.2) is 37.0 Å². The largest absolute Gasteiger partial charge is 0.338 e. The minimum atomic E-state index is 0.182. The first-order valence-corrected chi connectivity index (χ1v) is 7.10. The van der Waals surface area contributed by atoms with E-state index >= 15 is 0 Å². The van der Waals surface area contributed by atoms with Crippen molar-refractivity contribution in [1.29, 1.82) is 0 Å². The third-order valence-electron chi connectivity index (χ3n) is 3.40. The average molecular weight is 252 g/mol. The number of piperidine rings is 1. The Morgan fingerprint density at radius 1 is 1.47 bits per heavy atom. The van der Waals surface area contributed by atoms with Gasteiger partial charge in [0.05, 0.1) is 4.88 Å². The molecule has 0 saturated carbocycles. The molecule has 2 heterocycles. The molecule has 0 radical (unpaired) electrons. The Labute approximate surface area is 107 Å². The molecule has 3 nitrogen and oxygen atoms in total. The standard InChI is InChI=1S/C13H20N2OS/c1-3-11-4-5-12(17-11)13(16)15(2)10-6-8-14-9-7-10/h4-5,10,14H,3,6-9H2,1-2H3. The molecule has 0 unspecified atom stereocenters. The van der Waals surface area contributed by atoms with E-state index in [1.54, 1.807) is 11.3 Å². The molecule has 17 heavy (non-hydrogen) atoms. The Balaban J connectivity index is 2.02. The van der Waals surface area contributed by atoms with Crippen LogP contribution in [0.2, 0.25) is 0 Å². The Morgan fingerprint density at radius 2 is 2.18 bits per heavy atom. The summed E-state index contributed by atoms with van der Waals surface area (Å²) in [7, 11) is 1.93. The van der Waals surface area contributed by atoms with Gasteiger partial charge in [0.1, 0.15) is 0 Å². The lowest BCUT2D eigenvalue weighted by Gasteiger charge is -2.31. The van der Waals surface area contributed by atoms with Crippen LogP contribution in [0.4, 0.5) is 0 Å². The second-order valence-corrected chi connectivity index (χ2v) is 5.69. The van der Waals surface area contributed by atoms with Crippen molar-refractivity contribution < 1.29 is 4.79 Å². The second-order valence-electron chi connectivity index (χ2n) is 4.52. The number of hydrogen-bond donors (Lipinski definition) is 1. The summed E-state index contributed by atoms with van der Waals surface area (Å²) < 4.78 is 0. The monoisotopic (exact) mass is 252 g/mol. The van der Waals surface area contributed by atoms with Crippen LogP contribution in [0.3, 0.4) is 0 Å². The molecular weight excluding hydrogens is 232 g/mol. The van der Waals surface area contributed by atoms with Crippen LogP contribution in [0.15, 0.2) is 12.1 Å². The zero-order valence-electron chi connectivity index (χ0n) is 10.5. The molecule has 4 heteroatoms. The number of nitrogens with zero attached hydrogens (tertiary/aromatic N) is 1. The number of nitrogens with one attached hydrogen (secondary N) is 1. The van der Waals surface area contributed by atoms with Crippen molar-refractivity contribution in [2.45, 2.75) is 32.2 Å². The summed E-state index contributed by atoms with van der Waals surface area (Å²) in [5, 5.41) is 3.33. The highest BCUT2D eigenvalue weighted by Gasteiger charge is 2.23. The highest BCUT2D eigenvalue weighted by atomic mass is 32.1. The van der Waals surface area contributed by atoms with E-state index in [4.69, 9.17) is 0 Å². The summed E-state index contributed by atoms with van der Waals surface area (Å²) in [6.45, 7) is 4.16. The van der Waals surface area contributed by atoms with E-state index in [0.29, 0.717) is 6.04 Å². The van der Waals surface area contributed by atoms with E-state index in [1.165, 1.54) is 4.88 Å². The Morgan fingerprint density at radius 3 is 2.76 bits per heavy atom. The summed E-state index contributed by atoms with van der Waals surface area (Å²) in [5.41, 5.74) is 0.